The molecule has 0 rings (SSSR count). The fourth-order valence-corrected chi connectivity index (χ4v) is 1.23. The number of nitrogens with one attached hydrogen (secondary N) is 3. The standard InChI is InChI=1S/C10H24N3/c1-8(11-3)6-10(13-5)7-9(2)12-4/h8-9,11-13H,6-7H2,1-5H3. The molecular weight excluding hydrogens is 162 g/mol. The highest BCUT2D eigenvalue weighted by Gasteiger charge is 2.13. The van der Waals surface area contributed by atoms with E-state index in [1.54, 1.807) is 0 Å². The number of rotatable bonds is 7. The van der Waals surface area contributed by atoms with Gasteiger partial charge in [-0.3, -0.25) is 0 Å². The van der Waals surface area contributed by atoms with E-state index in [1.807, 2.05) is 21.1 Å². The molecule has 1 radical (unpaired) electrons. The van der Waals surface area contributed by atoms with E-state index in [0.29, 0.717) is 12.1 Å². The van der Waals surface area contributed by atoms with Crippen molar-refractivity contribution in [2.75, 3.05) is 21.1 Å². The van der Waals surface area contributed by atoms with E-state index in [-0.39, 0.29) is 0 Å². The van der Waals surface area contributed by atoms with Crippen molar-refractivity contribution in [2.24, 2.45) is 0 Å². The smallest absolute Gasteiger partial charge is 0.0392 e. The Morgan fingerprint density at radius 2 is 1.31 bits per heavy atom. The summed E-state index contributed by atoms with van der Waals surface area (Å²) in [5.74, 6) is 0. The van der Waals surface area contributed by atoms with Gasteiger partial charge in [-0.15, -0.1) is 0 Å². The molecule has 0 fully saturated rings. The molecule has 0 aliphatic rings. The summed E-state index contributed by atoms with van der Waals surface area (Å²) in [7, 11) is 6.00. The molecule has 3 heteroatoms. The first-order chi connectivity index (χ1) is 6.13. The molecular formula is C10H24N3. The van der Waals surface area contributed by atoms with Crippen LogP contribution in [-0.2, 0) is 0 Å². The van der Waals surface area contributed by atoms with Gasteiger partial charge in [-0.1, -0.05) is 0 Å². The van der Waals surface area contributed by atoms with Crippen LogP contribution in [0.4, 0.5) is 0 Å². The second-order valence-corrected chi connectivity index (χ2v) is 3.64. The molecule has 0 aliphatic heterocycles. The Balaban J connectivity index is 3.74. The molecule has 0 aromatic heterocycles. The van der Waals surface area contributed by atoms with E-state index in [0.717, 1.165) is 12.8 Å². The summed E-state index contributed by atoms with van der Waals surface area (Å²) < 4.78 is 0. The van der Waals surface area contributed by atoms with Crippen LogP contribution in [-0.4, -0.2) is 33.2 Å². The van der Waals surface area contributed by atoms with E-state index in [4.69, 9.17) is 0 Å². The topological polar surface area (TPSA) is 36.1 Å². The number of hydrogen-bond donors (Lipinski definition) is 3. The van der Waals surface area contributed by atoms with Gasteiger partial charge in [0.15, 0.2) is 0 Å². The van der Waals surface area contributed by atoms with E-state index in [9.17, 15) is 0 Å². The zero-order valence-electron chi connectivity index (χ0n) is 9.57. The van der Waals surface area contributed by atoms with Crippen LogP contribution in [0, 0.1) is 6.04 Å². The second kappa shape index (κ2) is 7.30. The van der Waals surface area contributed by atoms with E-state index in [2.05, 4.69) is 29.8 Å². The summed E-state index contributed by atoms with van der Waals surface area (Å²) in [6.07, 6.45) is 2.19. The lowest BCUT2D eigenvalue weighted by molar-refractivity contribution is 0.472. The highest BCUT2D eigenvalue weighted by Crippen LogP contribution is 2.12. The van der Waals surface area contributed by atoms with Crippen molar-refractivity contribution >= 4 is 0 Å². The molecule has 13 heavy (non-hydrogen) atoms. The molecule has 0 aromatic carbocycles. The Labute approximate surface area is 82.7 Å². The van der Waals surface area contributed by atoms with Crippen LogP contribution in [0.2, 0.25) is 0 Å². The minimum atomic E-state index is 0.548. The maximum atomic E-state index is 3.27. The van der Waals surface area contributed by atoms with Gasteiger partial charge in [-0.25, -0.2) is 0 Å². The maximum Gasteiger partial charge on any atom is 0.0392 e. The first kappa shape index (κ1) is 12.9. The average molecular weight is 186 g/mol. The largest absolute Gasteiger partial charge is 0.317 e. The van der Waals surface area contributed by atoms with Crippen molar-refractivity contribution in [2.45, 2.75) is 38.8 Å². The summed E-state index contributed by atoms with van der Waals surface area (Å²) in [4.78, 5) is 0. The highest BCUT2D eigenvalue weighted by molar-refractivity contribution is 4.91. The van der Waals surface area contributed by atoms with Gasteiger partial charge in [-0.2, -0.15) is 0 Å². The maximum absolute atomic E-state index is 3.27. The summed E-state index contributed by atoms with van der Waals surface area (Å²) in [5, 5.41) is 9.75. The van der Waals surface area contributed by atoms with Gasteiger partial charge in [-0.05, 0) is 47.8 Å². The van der Waals surface area contributed by atoms with Crippen molar-refractivity contribution in [3.63, 3.8) is 0 Å². The highest BCUT2D eigenvalue weighted by atomic mass is 14.9. The van der Waals surface area contributed by atoms with Gasteiger partial charge >= 0.3 is 0 Å². The molecule has 3 N–H and O–H groups in total. The second-order valence-electron chi connectivity index (χ2n) is 3.64. The van der Waals surface area contributed by atoms with Crippen LogP contribution in [0.3, 0.4) is 0 Å². The van der Waals surface area contributed by atoms with Gasteiger partial charge < -0.3 is 16.0 Å². The monoisotopic (exact) mass is 186 g/mol. The summed E-state index contributed by atoms with van der Waals surface area (Å²) in [6.45, 7) is 4.39. The van der Waals surface area contributed by atoms with Gasteiger partial charge in [0.1, 0.15) is 0 Å². The molecule has 2 unspecified atom stereocenters. The lowest BCUT2D eigenvalue weighted by Crippen LogP contribution is -2.33. The Morgan fingerprint density at radius 1 is 0.923 bits per heavy atom. The predicted molar refractivity (Wildman–Crippen MR) is 58.6 cm³/mol. The van der Waals surface area contributed by atoms with Crippen LogP contribution in [0.5, 0.6) is 0 Å². The first-order valence-corrected chi connectivity index (χ1v) is 5.01. The molecule has 0 saturated heterocycles. The fourth-order valence-electron chi connectivity index (χ4n) is 1.23. The van der Waals surface area contributed by atoms with Crippen molar-refractivity contribution in [3.05, 3.63) is 6.04 Å². The Hall–Kier alpha value is -0.120. The lowest BCUT2D eigenvalue weighted by Gasteiger charge is -2.22. The molecule has 0 aliphatic carbocycles. The molecule has 2 atom stereocenters. The Morgan fingerprint density at radius 3 is 1.54 bits per heavy atom. The molecule has 3 nitrogen and oxygen atoms in total. The third kappa shape index (κ3) is 6.02. The summed E-state index contributed by atoms with van der Waals surface area (Å²) in [5.41, 5.74) is 0. The van der Waals surface area contributed by atoms with Gasteiger partial charge in [0.2, 0.25) is 0 Å². The Bertz CT molecular complexity index is 105. The molecule has 0 amide bonds. The molecule has 0 saturated carbocycles. The molecule has 79 valence electrons. The zero-order chi connectivity index (χ0) is 10.3. The van der Waals surface area contributed by atoms with Crippen LogP contribution in [0.1, 0.15) is 26.7 Å². The predicted octanol–water partition coefficient (Wildman–Crippen LogP) is 0.734. The normalized spacial score (nSPS) is 16.2. The minimum Gasteiger partial charge on any atom is -0.317 e. The number of hydrogen-bond acceptors (Lipinski definition) is 3. The first-order valence-electron chi connectivity index (χ1n) is 5.01. The van der Waals surface area contributed by atoms with Gasteiger partial charge in [0.05, 0.1) is 0 Å². The Kier molecular flexibility index (Phi) is 7.23. The van der Waals surface area contributed by atoms with E-state index < -0.39 is 0 Å². The van der Waals surface area contributed by atoms with Crippen LogP contribution < -0.4 is 16.0 Å². The van der Waals surface area contributed by atoms with Crippen molar-refractivity contribution in [1.29, 1.82) is 0 Å². The molecule has 0 bridgehead atoms. The van der Waals surface area contributed by atoms with E-state index >= 15 is 0 Å². The lowest BCUT2D eigenvalue weighted by atomic mass is 10.0. The van der Waals surface area contributed by atoms with Crippen LogP contribution >= 0.6 is 0 Å². The third-order valence-corrected chi connectivity index (χ3v) is 2.44. The quantitative estimate of drug-likeness (QED) is 0.549. The molecule has 0 spiro atoms. The van der Waals surface area contributed by atoms with Crippen LogP contribution in [0.25, 0.3) is 0 Å². The third-order valence-electron chi connectivity index (χ3n) is 2.44. The van der Waals surface area contributed by atoms with Gasteiger partial charge in [0.25, 0.3) is 0 Å². The van der Waals surface area contributed by atoms with Gasteiger partial charge in [0, 0.05) is 18.1 Å². The zero-order valence-corrected chi connectivity index (χ0v) is 9.57. The summed E-state index contributed by atoms with van der Waals surface area (Å²) >= 11 is 0. The minimum absolute atomic E-state index is 0.548. The van der Waals surface area contributed by atoms with Crippen molar-refractivity contribution in [3.8, 4) is 0 Å². The van der Waals surface area contributed by atoms with Crippen molar-refractivity contribution < 1.29 is 0 Å². The SMILES string of the molecule is CN[C](CC(C)NC)CC(C)NC. The van der Waals surface area contributed by atoms with E-state index in [1.165, 1.54) is 6.04 Å². The van der Waals surface area contributed by atoms with Crippen molar-refractivity contribution in [1.82, 2.24) is 16.0 Å². The molecule has 0 aromatic rings. The summed E-state index contributed by atoms with van der Waals surface area (Å²) in [6, 6.07) is 2.50. The molecule has 0 heterocycles. The fraction of sp³-hybridized carbons (Fsp3) is 0.900. The van der Waals surface area contributed by atoms with Crippen LogP contribution in [0.15, 0.2) is 0 Å². The average Bonchev–Trinajstić information content (AvgIpc) is 2.16.